The van der Waals surface area contributed by atoms with Crippen LogP contribution in [0.1, 0.15) is 12.8 Å². The van der Waals surface area contributed by atoms with E-state index in [0.717, 1.165) is 0 Å². The number of sulfonamides is 1. The number of hydrogen-bond donors (Lipinski definition) is 1. The van der Waals surface area contributed by atoms with Gasteiger partial charge in [0.2, 0.25) is 10.0 Å². The molecule has 1 saturated heterocycles. The van der Waals surface area contributed by atoms with Crippen molar-refractivity contribution >= 4 is 15.9 Å². The molecule has 1 aliphatic rings. The van der Waals surface area contributed by atoms with Crippen LogP contribution in [0.5, 0.6) is 0 Å². The first-order chi connectivity index (χ1) is 6.93. The van der Waals surface area contributed by atoms with Gasteiger partial charge in [0.05, 0.1) is 6.26 Å². The van der Waals surface area contributed by atoms with E-state index in [2.05, 4.69) is 5.32 Å². The van der Waals surface area contributed by atoms with E-state index in [-0.39, 0.29) is 6.04 Å². The molecule has 0 saturated carbocycles. The molecule has 0 aromatic heterocycles. The van der Waals surface area contributed by atoms with Crippen LogP contribution in [0.25, 0.3) is 0 Å². The SMILES string of the molecule is C#CC(=O)NC1CCN(S(C)(=O)=O)CC1. The van der Waals surface area contributed by atoms with Crippen molar-refractivity contribution in [3.8, 4) is 12.3 Å². The number of nitrogens with one attached hydrogen (secondary N) is 1. The number of hydrogen-bond acceptors (Lipinski definition) is 3. The molecule has 0 atom stereocenters. The molecule has 1 fully saturated rings. The Bertz CT molecular complexity index is 375. The smallest absolute Gasteiger partial charge is 0.295 e. The van der Waals surface area contributed by atoms with Gasteiger partial charge in [-0.25, -0.2) is 12.7 Å². The second kappa shape index (κ2) is 4.64. The van der Waals surface area contributed by atoms with Gasteiger partial charge in [0.1, 0.15) is 0 Å². The van der Waals surface area contributed by atoms with E-state index in [9.17, 15) is 13.2 Å². The number of nitrogens with zero attached hydrogens (tertiary/aromatic N) is 1. The van der Waals surface area contributed by atoms with Crippen molar-refractivity contribution < 1.29 is 13.2 Å². The van der Waals surface area contributed by atoms with Crippen LogP contribution in [0.4, 0.5) is 0 Å². The topological polar surface area (TPSA) is 66.5 Å². The maximum atomic E-state index is 11.2. The summed E-state index contributed by atoms with van der Waals surface area (Å²) in [5, 5.41) is 2.64. The molecule has 1 aliphatic heterocycles. The third-order valence-corrected chi connectivity index (χ3v) is 3.69. The van der Waals surface area contributed by atoms with E-state index in [1.165, 1.54) is 10.6 Å². The molecule has 0 aromatic rings. The lowest BCUT2D eigenvalue weighted by Gasteiger charge is -2.30. The van der Waals surface area contributed by atoms with Crippen LogP contribution >= 0.6 is 0 Å². The largest absolute Gasteiger partial charge is 0.342 e. The molecule has 0 unspecified atom stereocenters. The zero-order valence-electron chi connectivity index (χ0n) is 8.56. The Morgan fingerprint density at radius 1 is 1.47 bits per heavy atom. The van der Waals surface area contributed by atoms with E-state index >= 15 is 0 Å². The molecule has 1 N–H and O–H groups in total. The molecule has 0 aliphatic carbocycles. The highest BCUT2D eigenvalue weighted by atomic mass is 32.2. The number of amides is 1. The van der Waals surface area contributed by atoms with Crippen LogP contribution in [-0.2, 0) is 14.8 Å². The number of rotatable bonds is 2. The van der Waals surface area contributed by atoms with Crippen molar-refractivity contribution in [1.82, 2.24) is 9.62 Å². The average molecular weight is 230 g/mol. The Morgan fingerprint density at radius 3 is 2.40 bits per heavy atom. The minimum absolute atomic E-state index is 0.00782. The summed E-state index contributed by atoms with van der Waals surface area (Å²) in [5.41, 5.74) is 0. The molecule has 1 heterocycles. The number of carbonyl (C=O) groups is 1. The van der Waals surface area contributed by atoms with Gasteiger partial charge < -0.3 is 5.32 Å². The molecule has 84 valence electrons. The van der Waals surface area contributed by atoms with Gasteiger partial charge in [-0.3, -0.25) is 4.79 Å². The molecule has 0 aromatic carbocycles. The average Bonchev–Trinajstić information content (AvgIpc) is 2.17. The molecule has 0 spiro atoms. The van der Waals surface area contributed by atoms with Crippen LogP contribution in [0.2, 0.25) is 0 Å². The van der Waals surface area contributed by atoms with Gasteiger partial charge in [0, 0.05) is 19.1 Å². The van der Waals surface area contributed by atoms with Crippen molar-refractivity contribution in [2.24, 2.45) is 0 Å². The predicted octanol–water partition coefficient (Wildman–Crippen LogP) is -0.840. The summed E-state index contributed by atoms with van der Waals surface area (Å²) < 4.78 is 23.8. The lowest BCUT2D eigenvalue weighted by atomic mass is 10.1. The standard InChI is InChI=1S/C9H14N2O3S/c1-3-9(12)10-8-4-6-11(7-5-8)15(2,13)14/h1,8H,4-7H2,2H3,(H,10,12). The van der Waals surface area contributed by atoms with Crippen molar-refractivity contribution in [3.63, 3.8) is 0 Å². The summed E-state index contributed by atoms with van der Waals surface area (Å²) in [7, 11) is -3.10. The predicted molar refractivity (Wildman–Crippen MR) is 56.4 cm³/mol. The summed E-state index contributed by atoms with van der Waals surface area (Å²) >= 11 is 0. The van der Waals surface area contributed by atoms with Crippen LogP contribution in [0.3, 0.4) is 0 Å². The quantitative estimate of drug-likeness (QED) is 0.629. The van der Waals surface area contributed by atoms with Crippen LogP contribution in [0.15, 0.2) is 0 Å². The Hall–Kier alpha value is -1.06. The minimum atomic E-state index is -3.10. The van der Waals surface area contributed by atoms with E-state index in [1.54, 1.807) is 0 Å². The fourth-order valence-corrected chi connectivity index (χ4v) is 2.43. The van der Waals surface area contributed by atoms with Crippen LogP contribution in [0, 0.1) is 12.3 Å². The van der Waals surface area contributed by atoms with E-state index in [0.29, 0.717) is 25.9 Å². The Kier molecular flexibility index (Phi) is 3.72. The normalized spacial score (nSPS) is 19.5. The highest BCUT2D eigenvalue weighted by Crippen LogP contribution is 2.12. The Labute approximate surface area is 89.9 Å². The molecule has 0 bridgehead atoms. The maximum Gasteiger partial charge on any atom is 0.295 e. The lowest BCUT2D eigenvalue weighted by molar-refractivity contribution is -0.116. The number of carbonyl (C=O) groups excluding carboxylic acids is 1. The molecular formula is C9H14N2O3S. The van der Waals surface area contributed by atoms with Crippen molar-refractivity contribution in [2.75, 3.05) is 19.3 Å². The van der Waals surface area contributed by atoms with Gasteiger partial charge in [-0.05, 0) is 18.8 Å². The number of piperidine rings is 1. The summed E-state index contributed by atoms with van der Waals surface area (Å²) in [6.07, 6.45) is 7.33. The maximum absolute atomic E-state index is 11.2. The van der Waals surface area contributed by atoms with Crippen molar-refractivity contribution in [1.29, 1.82) is 0 Å². The summed E-state index contributed by atoms with van der Waals surface area (Å²) in [5.74, 6) is 1.53. The third kappa shape index (κ3) is 3.53. The van der Waals surface area contributed by atoms with E-state index < -0.39 is 15.9 Å². The molecule has 15 heavy (non-hydrogen) atoms. The Balaban J connectivity index is 2.44. The van der Waals surface area contributed by atoms with Gasteiger partial charge in [0.25, 0.3) is 5.91 Å². The molecule has 1 amide bonds. The number of terminal acetylenes is 1. The highest BCUT2D eigenvalue weighted by molar-refractivity contribution is 7.88. The fourth-order valence-electron chi connectivity index (χ4n) is 1.56. The van der Waals surface area contributed by atoms with E-state index in [4.69, 9.17) is 6.42 Å². The molecular weight excluding hydrogens is 216 g/mol. The summed E-state index contributed by atoms with van der Waals surface area (Å²) in [4.78, 5) is 10.9. The molecule has 1 rings (SSSR count). The van der Waals surface area contributed by atoms with Crippen LogP contribution in [-0.4, -0.2) is 44.0 Å². The second-order valence-corrected chi connectivity index (χ2v) is 5.54. The lowest BCUT2D eigenvalue weighted by Crippen LogP contribution is -2.45. The van der Waals surface area contributed by atoms with Crippen molar-refractivity contribution in [3.05, 3.63) is 0 Å². The van der Waals surface area contributed by atoms with Gasteiger partial charge in [-0.1, -0.05) is 0 Å². The molecule has 0 radical (unpaired) electrons. The van der Waals surface area contributed by atoms with Gasteiger partial charge in [-0.2, -0.15) is 0 Å². The van der Waals surface area contributed by atoms with Gasteiger partial charge >= 0.3 is 0 Å². The first-order valence-electron chi connectivity index (χ1n) is 4.65. The summed E-state index contributed by atoms with van der Waals surface area (Å²) in [6, 6.07) is -0.00782. The molecule has 6 heteroatoms. The highest BCUT2D eigenvalue weighted by Gasteiger charge is 2.25. The van der Waals surface area contributed by atoms with Crippen molar-refractivity contribution in [2.45, 2.75) is 18.9 Å². The van der Waals surface area contributed by atoms with Crippen LogP contribution < -0.4 is 5.32 Å². The monoisotopic (exact) mass is 230 g/mol. The fraction of sp³-hybridized carbons (Fsp3) is 0.667. The van der Waals surface area contributed by atoms with Gasteiger partial charge in [-0.15, -0.1) is 6.42 Å². The first-order valence-corrected chi connectivity index (χ1v) is 6.50. The summed E-state index contributed by atoms with van der Waals surface area (Å²) in [6.45, 7) is 0.878. The minimum Gasteiger partial charge on any atom is -0.342 e. The molecule has 5 nitrogen and oxygen atoms in total. The third-order valence-electron chi connectivity index (χ3n) is 2.39. The van der Waals surface area contributed by atoms with E-state index in [1.807, 2.05) is 5.92 Å². The zero-order valence-corrected chi connectivity index (χ0v) is 9.38. The first kappa shape index (κ1) is 12.0. The zero-order chi connectivity index (χ0) is 11.5. The second-order valence-electron chi connectivity index (χ2n) is 3.55. The Morgan fingerprint density at radius 2 is 2.00 bits per heavy atom. The van der Waals surface area contributed by atoms with Gasteiger partial charge in [0.15, 0.2) is 0 Å².